The maximum absolute atomic E-state index is 11.4. The molecule has 2 aromatic heterocycles. The Kier molecular flexibility index (Phi) is 4.05. The van der Waals surface area contributed by atoms with Crippen molar-refractivity contribution in [2.24, 2.45) is 0 Å². The summed E-state index contributed by atoms with van der Waals surface area (Å²) in [7, 11) is 0. The minimum Gasteiger partial charge on any atom is -0.343 e. The van der Waals surface area contributed by atoms with E-state index in [-0.39, 0.29) is 5.91 Å². The lowest BCUT2D eigenvalue weighted by Gasteiger charge is -2.30. The Morgan fingerprint density at radius 3 is 2.76 bits per heavy atom. The number of piperidine rings is 1. The molecule has 0 radical (unpaired) electrons. The van der Waals surface area contributed by atoms with Gasteiger partial charge in [-0.1, -0.05) is 0 Å². The molecule has 5 nitrogen and oxygen atoms in total. The summed E-state index contributed by atoms with van der Waals surface area (Å²) in [4.78, 5) is 17.4. The average molecular weight is 349 g/mol. The molecule has 0 atom stereocenters. The van der Waals surface area contributed by atoms with Crippen LogP contribution in [0, 0.1) is 0 Å². The SMILES string of the molecule is CC(=O)N1CCC(c2cc(-c3cncc(Br)c3)n[nH]2)CC1. The summed E-state index contributed by atoms with van der Waals surface area (Å²) in [6, 6.07) is 4.10. The third kappa shape index (κ3) is 3.15. The van der Waals surface area contributed by atoms with Crippen molar-refractivity contribution < 1.29 is 4.79 Å². The highest BCUT2D eigenvalue weighted by molar-refractivity contribution is 9.10. The van der Waals surface area contributed by atoms with Crippen molar-refractivity contribution in [3.63, 3.8) is 0 Å². The molecule has 1 aliphatic heterocycles. The molecule has 2 aromatic rings. The molecular formula is C15H17BrN4O. The summed E-state index contributed by atoms with van der Waals surface area (Å²) in [5.41, 5.74) is 3.05. The fourth-order valence-corrected chi connectivity index (χ4v) is 3.12. The van der Waals surface area contributed by atoms with Gasteiger partial charge < -0.3 is 4.90 Å². The second-order valence-electron chi connectivity index (χ2n) is 5.38. The maximum atomic E-state index is 11.4. The number of rotatable bonds is 2. The van der Waals surface area contributed by atoms with E-state index < -0.39 is 0 Å². The first-order chi connectivity index (χ1) is 10.1. The first-order valence-electron chi connectivity index (χ1n) is 7.05. The summed E-state index contributed by atoms with van der Waals surface area (Å²) < 4.78 is 0.944. The van der Waals surface area contributed by atoms with Crippen LogP contribution in [0.3, 0.4) is 0 Å². The first kappa shape index (κ1) is 14.3. The molecule has 0 aromatic carbocycles. The Morgan fingerprint density at radius 1 is 1.33 bits per heavy atom. The number of pyridine rings is 1. The topological polar surface area (TPSA) is 61.9 Å². The van der Waals surface area contributed by atoms with Crippen molar-refractivity contribution in [2.75, 3.05) is 13.1 Å². The van der Waals surface area contributed by atoms with Crippen molar-refractivity contribution in [3.8, 4) is 11.3 Å². The molecule has 1 aliphatic rings. The number of carbonyl (C=O) groups is 1. The number of nitrogens with zero attached hydrogens (tertiary/aromatic N) is 3. The van der Waals surface area contributed by atoms with Crippen molar-refractivity contribution in [1.82, 2.24) is 20.1 Å². The number of nitrogens with one attached hydrogen (secondary N) is 1. The van der Waals surface area contributed by atoms with Crippen LogP contribution in [0.4, 0.5) is 0 Å². The number of likely N-dealkylation sites (tertiary alicyclic amines) is 1. The van der Waals surface area contributed by atoms with Crippen LogP contribution >= 0.6 is 15.9 Å². The van der Waals surface area contributed by atoms with Crippen LogP contribution in [-0.4, -0.2) is 39.1 Å². The van der Waals surface area contributed by atoms with E-state index in [9.17, 15) is 4.79 Å². The first-order valence-corrected chi connectivity index (χ1v) is 7.84. The second kappa shape index (κ2) is 5.97. The lowest BCUT2D eigenvalue weighted by Crippen LogP contribution is -2.36. The number of carbonyl (C=O) groups excluding carboxylic acids is 1. The van der Waals surface area contributed by atoms with Crippen LogP contribution in [0.5, 0.6) is 0 Å². The second-order valence-corrected chi connectivity index (χ2v) is 6.30. The summed E-state index contributed by atoms with van der Waals surface area (Å²) in [6.45, 7) is 3.29. The van der Waals surface area contributed by atoms with Gasteiger partial charge >= 0.3 is 0 Å². The van der Waals surface area contributed by atoms with Gasteiger partial charge in [-0.3, -0.25) is 14.9 Å². The van der Waals surface area contributed by atoms with E-state index in [1.807, 2.05) is 17.2 Å². The molecule has 3 heterocycles. The summed E-state index contributed by atoms with van der Waals surface area (Å²) in [5.74, 6) is 0.612. The normalized spacial score (nSPS) is 16.2. The maximum Gasteiger partial charge on any atom is 0.219 e. The highest BCUT2D eigenvalue weighted by Gasteiger charge is 2.23. The van der Waals surface area contributed by atoms with E-state index in [1.54, 1.807) is 13.1 Å². The van der Waals surface area contributed by atoms with Gasteiger partial charge in [-0.15, -0.1) is 0 Å². The van der Waals surface area contributed by atoms with Gasteiger partial charge in [0, 0.05) is 54.1 Å². The number of aromatic nitrogens is 3. The van der Waals surface area contributed by atoms with E-state index in [0.29, 0.717) is 5.92 Å². The number of hydrogen-bond donors (Lipinski definition) is 1. The zero-order valence-electron chi connectivity index (χ0n) is 11.8. The van der Waals surface area contributed by atoms with Crippen LogP contribution in [0.1, 0.15) is 31.4 Å². The molecule has 0 saturated carbocycles. The largest absolute Gasteiger partial charge is 0.343 e. The minimum atomic E-state index is 0.166. The molecule has 110 valence electrons. The van der Waals surface area contributed by atoms with Gasteiger partial charge in [0.15, 0.2) is 0 Å². The summed E-state index contributed by atoms with van der Waals surface area (Å²) in [6.07, 6.45) is 5.54. The zero-order valence-corrected chi connectivity index (χ0v) is 13.4. The standard InChI is InChI=1S/C15H17BrN4O/c1-10(21)20-4-2-11(3-5-20)14-7-15(19-18-14)12-6-13(16)9-17-8-12/h6-9,11H,2-5H2,1H3,(H,18,19). The smallest absolute Gasteiger partial charge is 0.219 e. The Balaban J connectivity index is 1.73. The Morgan fingerprint density at radius 2 is 2.10 bits per heavy atom. The minimum absolute atomic E-state index is 0.166. The van der Waals surface area contributed by atoms with Gasteiger partial charge in [-0.25, -0.2) is 0 Å². The Labute approximate surface area is 131 Å². The highest BCUT2D eigenvalue weighted by Crippen LogP contribution is 2.29. The molecule has 21 heavy (non-hydrogen) atoms. The molecule has 1 saturated heterocycles. The third-order valence-corrected chi connectivity index (χ3v) is 4.41. The number of H-pyrrole nitrogens is 1. The molecule has 6 heteroatoms. The van der Waals surface area contributed by atoms with Gasteiger partial charge in [0.25, 0.3) is 0 Å². The van der Waals surface area contributed by atoms with E-state index in [1.165, 1.54) is 0 Å². The number of amides is 1. The third-order valence-electron chi connectivity index (χ3n) is 3.98. The molecule has 0 bridgehead atoms. The van der Waals surface area contributed by atoms with Crippen molar-refractivity contribution >= 4 is 21.8 Å². The lowest BCUT2D eigenvalue weighted by atomic mass is 9.93. The van der Waals surface area contributed by atoms with E-state index >= 15 is 0 Å². The lowest BCUT2D eigenvalue weighted by molar-refractivity contribution is -0.129. The Hall–Kier alpha value is -1.69. The number of halogens is 1. The van der Waals surface area contributed by atoms with Crippen molar-refractivity contribution in [2.45, 2.75) is 25.7 Å². The van der Waals surface area contributed by atoms with Crippen molar-refractivity contribution in [3.05, 3.63) is 34.7 Å². The van der Waals surface area contributed by atoms with Gasteiger partial charge in [0.2, 0.25) is 5.91 Å². The molecule has 0 unspecified atom stereocenters. The van der Waals surface area contributed by atoms with E-state index in [4.69, 9.17) is 0 Å². The number of aromatic amines is 1. The molecule has 0 aliphatic carbocycles. The quantitative estimate of drug-likeness (QED) is 0.907. The van der Waals surface area contributed by atoms with Crippen molar-refractivity contribution in [1.29, 1.82) is 0 Å². The van der Waals surface area contributed by atoms with Gasteiger partial charge in [-0.05, 0) is 40.9 Å². The van der Waals surface area contributed by atoms with Crippen LogP contribution in [0.2, 0.25) is 0 Å². The van der Waals surface area contributed by atoms with E-state index in [0.717, 1.165) is 47.4 Å². The monoisotopic (exact) mass is 348 g/mol. The van der Waals surface area contributed by atoms with Crippen LogP contribution < -0.4 is 0 Å². The molecule has 0 spiro atoms. The summed E-state index contributed by atoms with van der Waals surface area (Å²) >= 11 is 3.43. The number of hydrogen-bond acceptors (Lipinski definition) is 3. The van der Waals surface area contributed by atoms with Crippen LogP contribution in [0.15, 0.2) is 29.0 Å². The molecular weight excluding hydrogens is 332 g/mol. The van der Waals surface area contributed by atoms with Gasteiger partial charge in [-0.2, -0.15) is 5.10 Å². The van der Waals surface area contributed by atoms with Gasteiger partial charge in [0.1, 0.15) is 0 Å². The summed E-state index contributed by atoms with van der Waals surface area (Å²) in [5, 5.41) is 7.53. The molecule has 1 fully saturated rings. The van der Waals surface area contributed by atoms with Crippen LogP contribution in [0.25, 0.3) is 11.3 Å². The predicted molar refractivity (Wildman–Crippen MR) is 83.7 cm³/mol. The highest BCUT2D eigenvalue weighted by atomic mass is 79.9. The van der Waals surface area contributed by atoms with Gasteiger partial charge in [0.05, 0.1) is 5.69 Å². The Bertz CT molecular complexity index is 647. The molecule has 1 N–H and O–H groups in total. The molecule has 1 amide bonds. The average Bonchev–Trinajstić information content (AvgIpc) is 2.97. The van der Waals surface area contributed by atoms with Crippen LogP contribution in [-0.2, 0) is 4.79 Å². The fraction of sp³-hybridized carbons (Fsp3) is 0.400. The molecule has 3 rings (SSSR count). The zero-order chi connectivity index (χ0) is 14.8. The fourth-order valence-electron chi connectivity index (χ4n) is 2.75. The van der Waals surface area contributed by atoms with E-state index in [2.05, 4.69) is 37.2 Å². The predicted octanol–water partition coefficient (Wildman–Crippen LogP) is 2.96.